The smallest absolute Gasteiger partial charge is 0.239 e. The molecule has 100 valence electrons. The Labute approximate surface area is 112 Å². The second-order valence-corrected chi connectivity index (χ2v) is 3.95. The topological polar surface area (TPSA) is 85.1 Å². The Kier molecular flexibility index (Phi) is 4.15. The minimum absolute atomic E-state index is 0.374. The zero-order chi connectivity index (χ0) is 13.7. The zero-order valence-electron chi connectivity index (χ0n) is 11.0. The second kappa shape index (κ2) is 6.01. The van der Waals surface area contributed by atoms with Crippen molar-refractivity contribution in [2.75, 3.05) is 17.3 Å². The Morgan fingerprint density at radius 3 is 2.63 bits per heavy atom. The van der Waals surface area contributed by atoms with Gasteiger partial charge in [0, 0.05) is 17.4 Å². The van der Waals surface area contributed by atoms with Crippen LogP contribution in [-0.2, 0) is 0 Å². The molecule has 1 aromatic carbocycles. The number of nitrogen functional groups attached to an aromatic ring is 1. The van der Waals surface area contributed by atoms with Crippen molar-refractivity contribution in [3.63, 3.8) is 0 Å². The Balaban J connectivity index is 2.16. The summed E-state index contributed by atoms with van der Waals surface area (Å²) >= 11 is 0. The predicted octanol–water partition coefficient (Wildman–Crippen LogP) is 2.21. The van der Waals surface area contributed by atoms with Crippen LogP contribution in [-0.4, -0.2) is 16.6 Å². The third-order valence-corrected chi connectivity index (χ3v) is 2.53. The van der Waals surface area contributed by atoms with E-state index in [0.717, 1.165) is 17.0 Å². The van der Waals surface area contributed by atoms with Gasteiger partial charge in [-0.2, -0.15) is 4.98 Å². The van der Waals surface area contributed by atoms with Gasteiger partial charge in [0.15, 0.2) is 0 Å². The first-order chi connectivity index (χ1) is 9.22. The van der Waals surface area contributed by atoms with Crippen LogP contribution in [0.15, 0.2) is 30.5 Å². The number of anilines is 3. The van der Waals surface area contributed by atoms with Crippen molar-refractivity contribution in [1.29, 1.82) is 0 Å². The molecule has 2 rings (SSSR count). The highest BCUT2D eigenvalue weighted by atomic mass is 16.5. The van der Waals surface area contributed by atoms with Gasteiger partial charge in [0.05, 0.1) is 6.61 Å². The van der Waals surface area contributed by atoms with Gasteiger partial charge in [-0.25, -0.2) is 10.8 Å². The van der Waals surface area contributed by atoms with Gasteiger partial charge in [-0.15, -0.1) is 0 Å². The molecule has 0 radical (unpaired) electrons. The summed E-state index contributed by atoms with van der Waals surface area (Å²) in [5.41, 5.74) is 4.29. The number of aryl methyl sites for hydroxylation is 1. The molecule has 0 saturated heterocycles. The Morgan fingerprint density at radius 1 is 1.26 bits per heavy atom. The van der Waals surface area contributed by atoms with E-state index in [2.05, 4.69) is 20.7 Å². The summed E-state index contributed by atoms with van der Waals surface area (Å²) in [6.07, 6.45) is 1.71. The van der Waals surface area contributed by atoms with Crippen LogP contribution >= 0.6 is 0 Å². The third kappa shape index (κ3) is 3.32. The van der Waals surface area contributed by atoms with Gasteiger partial charge in [0.1, 0.15) is 11.6 Å². The number of hydrazine groups is 1. The van der Waals surface area contributed by atoms with Crippen LogP contribution in [0.5, 0.6) is 5.75 Å². The van der Waals surface area contributed by atoms with Crippen molar-refractivity contribution in [3.05, 3.63) is 36.0 Å². The molecule has 19 heavy (non-hydrogen) atoms. The van der Waals surface area contributed by atoms with E-state index in [1.165, 1.54) is 0 Å². The van der Waals surface area contributed by atoms with Gasteiger partial charge in [0.25, 0.3) is 0 Å². The highest BCUT2D eigenvalue weighted by Crippen LogP contribution is 2.21. The fourth-order valence-electron chi connectivity index (χ4n) is 1.58. The van der Waals surface area contributed by atoms with Crippen LogP contribution in [0.25, 0.3) is 0 Å². The minimum atomic E-state index is 0.374. The molecule has 0 unspecified atom stereocenters. The SMILES string of the molecule is CCOc1ccc(Nc2nc(NN)ncc2C)cc1. The standard InChI is InChI=1S/C13H17N5O/c1-3-19-11-6-4-10(5-7-11)16-12-9(2)8-15-13(17-12)18-14/h4-8H,3,14H2,1-2H3,(H2,15,16,17,18). The van der Waals surface area contributed by atoms with E-state index in [1.807, 2.05) is 38.1 Å². The normalized spacial score (nSPS) is 10.1. The lowest BCUT2D eigenvalue weighted by molar-refractivity contribution is 0.340. The molecule has 0 aliphatic heterocycles. The summed E-state index contributed by atoms with van der Waals surface area (Å²) in [5.74, 6) is 7.23. The van der Waals surface area contributed by atoms with Crippen LogP contribution in [0.1, 0.15) is 12.5 Å². The number of nitrogens with two attached hydrogens (primary N) is 1. The van der Waals surface area contributed by atoms with Gasteiger partial charge in [-0.1, -0.05) is 0 Å². The van der Waals surface area contributed by atoms with Crippen molar-refractivity contribution in [1.82, 2.24) is 9.97 Å². The van der Waals surface area contributed by atoms with Gasteiger partial charge in [-0.05, 0) is 38.1 Å². The van der Waals surface area contributed by atoms with E-state index in [4.69, 9.17) is 10.6 Å². The summed E-state index contributed by atoms with van der Waals surface area (Å²) in [6.45, 7) is 4.54. The summed E-state index contributed by atoms with van der Waals surface area (Å²) in [4.78, 5) is 8.29. The third-order valence-electron chi connectivity index (χ3n) is 2.53. The summed E-state index contributed by atoms with van der Waals surface area (Å²) in [6, 6.07) is 7.68. The Morgan fingerprint density at radius 2 is 2.00 bits per heavy atom. The van der Waals surface area contributed by atoms with E-state index in [0.29, 0.717) is 18.4 Å². The summed E-state index contributed by atoms with van der Waals surface area (Å²) in [7, 11) is 0. The number of hydrogen-bond donors (Lipinski definition) is 3. The van der Waals surface area contributed by atoms with E-state index in [9.17, 15) is 0 Å². The molecule has 1 aromatic heterocycles. The molecule has 0 atom stereocenters. The molecule has 0 aliphatic rings. The average Bonchev–Trinajstić information content (AvgIpc) is 2.44. The number of rotatable bonds is 5. The van der Waals surface area contributed by atoms with Crippen LogP contribution in [0.3, 0.4) is 0 Å². The van der Waals surface area contributed by atoms with Crippen LogP contribution in [0, 0.1) is 6.92 Å². The van der Waals surface area contributed by atoms with Crippen LogP contribution < -0.4 is 21.3 Å². The molecular weight excluding hydrogens is 242 g/mol. The molecule has 4 N–H and O–H groups in total. The average molecular weight is 259 g/mol. The lowest BCUT2D eigenvalue weighted by Gasteiger charge is -2.10. The molecule has 0 aliphatic carbocycles. The minimum Gasteiger partial charge on any atom is -0.494 e. The van der Waals surface area contributed by atoms with Crippen molar-refractivity contribution in [3.8, 4) is 5.75 Å². The molecule has 6 nitrogen and oxygen atoms in total. The lowest BCUT2D eigenvalue weighted by atomic mass is 10.3. The van der Waals surface area contributed by atoms with Crippen molar-refractivity contribution < 1.29 is 4.74 Å². The first kappa shape index (κ1) is 13.1. The summed E-state index contributed by atoms with van der Waals surface area (Å²) in [5, 5.41) is 3.21. The van der Waals surface area contributed by atoms with Crippen molar-refractivity contribution in [2.45, 2.75) is 13.8 Å². The molecule has 0 fully saturated rings. The number of hydrogen-bond acceptors (Lipinski definition) is 6. The van der Waals surface area contributed by atoms with Crippen LogP contribution in [0.2, 0.25) is 0 Å². The van der Waals surface area contributed by atoms with E-state index >= 15 is 0 Å². The highest BCUT2D eigenvalue weighted by molar-refractivity contribution is 5.60. The zero-order valence-corrected chi connectivity index (χ0v) is 11.0. The number of ether oxygens (including phenoxy) is 1. The van der Waals surface area contributed by atoms with E-state index in [-0.39, 0.29) is 0 Å². The van der Waals surface area contributed by atoms with E-state index in [1.54, 1.807) is 6.20 Å². The second-order valence-electron chi connectivity index (χ2n) is 3.95. The predicted molar refractivity (Wildman–Crippen MR) is 75.5 cm³/mol. The summed E-state index contributed by atoms with van der Waals surface area (Å²) < 4.78 is 5.39. The van der Waals surface area contributed by atoms with Gasteiger partial charge in [0.2, 0.25) is 5.95 Å². The van der Waals surface area contributed by atoms with E-state index < -0.39 is 0 Å². The maximum absolute atomic E-state index is 5.39. The molecule has 6 heteroatoms. The highest BCUT2D eigenvalue weighted by Gasteiger charge is 2.03. The Bertz CT molecular complexity index is 541. The van der Waals surface area contributed by atoms with Gasteiger partial charge >= 0.3 is 0 Å². The number of aromatic nitrogens is 2. The van der Waals surface area contributed by atoms with Crippen LogP contribution in [0.4, 0.5) is 17.5 Å². The fraction of sp³-hybridized carbons (Fsp3) is 0.231. The first-order valence-electron chi connectivity index (χ1n) is 6.03. The quantitative estimate of drug-likeness (QED) is 0.564. The first-order valence-corrected chi connectivity index (χ1v) is 6.03. The molecule has 0 bridgehead atoms. The monoisotopic (exact) mass is 259 g/mol. The molecule has 0 spiro atoms. The lowest BCUT2D eigenvalue weighted by Crippen LogP contribution is -2.11. The number of nitrogens with one attached hydrogen (secondary N) is 2. The number of benzene rings is 1. The molecule has 0 saturated carbocycles. The molecular formula is C13H17N5O. The van der Waals surface area contributed by atoms with Gasteiger partial charge < -0.3 is 10.1 Å². The van der Waals surface area contributed by atoms with Gasteiger partial charge in [-0.3, -0.25) is 5.43 Å². The largest absolute Gasteiger partial charge is 0.494 e. The molecule has 1 heterocycles. The number of nitrogens with zero attached hydrogens (tertiary/aromatic N) is 2. The maximum atomic E-state index is 5.39. The fourth-order valence-corrected chi connectivity index (χ4v) is 1.58. The van der Waals surface area contributed by atoms with Crippen molar-refractivity contribution >= 4 is 17.5 Å². The molecule has 0 amide bonds. The molecule has 2 aromatic rings. The maximum Gasteiger partial charge on any atom is 0.239 e. The Hall–Kier alpha value is -2.34. The van der Waals surface area contributed by atoms with Crippen molar-refractivity contribution in [2.24, 2.45) is 5.84 Å².